The maximum absolute atomic E-state index is 13.4. The third kappa shape index (κ3) is 2.54. The van der Waals surface area contributed by atoms with E-state index in [4.69, 9.17) is 9.47 Å². The number of hydrogen-bond acceptors (Lipinski definition) is 4. The van der Waals surface area contributed by atoms with Gasteiger partial charge in [0.1, 0.15) is 17.2 Å². The lowest BCUT2D eigenvalue weighted by Crippen LogP contribution is -2.35. The van der Waals surface area contributed by atoms with Crippen LogP contribution in [0.25, 0.3) is 11.1 Å². The number of carbonyl (C=O) groups excluding carboxylic acids is 1. The van der Waals surface area contributed by atoms with Gasteiger partial charge in [-0.25, -0.2) is 9.18 Å². The Labute approximate surface area is 138 Å². The van der Waals surface area contributed by atoms with Gasteiger partial charge < -0.3 is 9.47 Å². The molecule has 0 aromatic heterocycles. The van der Waals surface area contributed by atoms with Gasteiger partial charge in [0.15, 0.2) is 0 Å². The van der Waals surface area contributed by atoms with Crippen LogP contribution in [0.3, 0.4) is 0 Å². The molecule has 6 heteroatoms. The first-order chi connectivity index (χ1) is 11.4. The zero-order valence-corrected chi connectivity index (χ0v) is 13.4. The van der Waals surface area contributed by atoms with Crippen molar-refractivity contribution in [2.75, 3.05) is 12.4 Å². The molecule has 0 radical (unpaired) electrons. The zero-order valence-electron chi connectivity index (χ0n) is 13.4. The van der Waals surface area contributed by atoms with E-state index in [1.54, 1.807) is 26.0 Å². The third-order valence-corrected chi connectivity index (χ3v) is 3.96. The fraction of sp³-hybridized carbons (Fsp3) is 0.222. The van der Waals surface area contributed by atoms with E-state index in [-0.39, 0.29) is 5.56 Å². The Kier molecular flexibility index (Phi) is 3.64. The van der Waals surface area contributed by atoms with Crippen LogP contribution in [0.4, 0.5) is 14.9 Å². The molecular formula is C18H15FN2O3. The maximum atomic E-state index is 13.4. The van der Waals surface area contributed by atoms with Crippen LogP contribution in [0.2, 0.25) is 0 Å². The summed E-state index contributed by atoms with van der Waals surface area (Å²) < 4.78 is 24.1. The fourth-order valence-electron chi connectivity index (χ4n) is 2.81. The Bertz CT molecular complexity index is 885. The van der Waals surface area contributed by atoms with E-state index in [1.807, 2.05) is 12.1 Å². The van der Waals surface area contributed by atoms with Crippen LogP contribution in [0.1, 0.15) is 25.0 Å². The Hall–Kier alpha value is -3.07. The summed E-state index contributed by atoms with van der Waals surface area (Å²) in [6.45, 7) is 3.54. The van der Waals surface area contributed by atoms with Crippen molar-refractivity contribution in [2.45, 2.75) is 19.4 Å². The molecule has 0 bridgehead atoms. The summed E-state index contributed by atoms with van der Waals surface area (Å²) in [6.07, 6.45) is -0.557. The number of anilines is 1. The number of nitrogens with zero attached hydrogens (tertiary/aromatic N) is 1. The number of halogens is 1. The third-order valence-electron chi connectivity index (χ3n) is 3.96. The highest BCUT2D eigenvalue weighted by atomic mass is 19.1. The molecule has 1 aliphatic rings. The molecular weight excluding hydrogens is 311 g/mol. The topological polar surface area (TPSA) is 71.3 Å². The highest BCUT2D eigenvalue weighted by Gasteiger charge is 2.35. The van der Waals surface area contributed by atoms with Gasteiger partial charge in [-0.3, -0.25) is 5.32 Å². The van der Waals surface area contributed by atoms with E-state index in [9.17, 15) is 14.4 Å². The second-order valence-electron chi connectivity index (χ2n) is 5.93. The molecule has 0 saturated carbocycles. The first kappa shape index (κ1) is 15.8. The number of fused-ring (bicyclic) bond motifs is 1. The maximum Gasteiger partial charge on any atom is 0.412 e. The number of cyclic esters (lactones) is 1. The number of hydrogen-bond donors (Lipinski definition) is 1. The summed E-state index contributed by atoms with van der Waals surface area (Å²) in [5.74, 6) is -0.0309. The Morgan fingerprint density at radius 1 is 1.29 bits per heavy atom. The van der Waals surface area contributed by atoms with Crippen molar-refractivity contribution in [1.82, 2.24) is 0 Å². The van der Waals surface area contributed by atoms with Gasteiger partial charge in [-0.2, -0.15) is 5.26 Å². The predicted molar refractivity (Wildman–Crippen MR) is 86.2 cm³/mol. The van der Waals surface area contributed by atoms with Gasteiger partial charge in [-0.1, -0.05) is 6.07 Å². The summed E-state index contributed by atoms with van der Waals surface area (Å²) in [5, 5.41) is 11.9. The minimum absolute atomic E-state index is 0.218. The summed E-state index contributed by atoms with van der Waals surface area (Å²) in [4.78, 5) is 11.7. The summed E-state index contributed by atoms with van der Waals surface area (Å²) in [7, 11) is 1.49. The highest BCUT2D eigenvalue weighted by molar-refractivity contribution is 5.92. The lowest BCUT2D eigenvalue weighted by molar-refractivity contribution is 0.0418. The molecule has 0 saturated heterocycles. The number of nitriles is 1. The number of nitrogens with one attached hydrogen (secondary N) is 1. The Balaban J connectivity index is 2.26. The molecule has 1 N–H and O–H groups in total. The van der Waals surface area contributed by atoms with Crippen LogP contribution in [0, 0.1) is 17.1 Å². The van der Waals surface area contributed by atoms with Crippen LogP contribution in [-0.4, -0.2) is 13.2 Å². The fourth-order valence-corrected chi connectivity index (χ4v) is 2.81. The smallest absolute Gasteiger partial charge is 0.412 e. The van der Waals surface area contributed by atoms with Crippen molar-refractivity contribution in [1.29, 1.82) is 5.26 Å². The van der Waals surface area contributed by atoms with E-state index < -0.39 is 17.5 Å². The molecule has 2 aromatic carbocycles. The Morgan fingerprint density at radius 2 is 2.04 bits per heavy atom. The van der Waals surface area contributed by atoms with E-state index in [0.29, 0.717) is 28.1 Å². The molecule has 1 amide bonds. The second-order valence-corrected chi connectivity index (χ2v) is 5.93. The number of ether oxygens (including phenoxy) is 2. The van der Waals surface area contributed by atoms with E-state index in [0.717, 1.165) is 0 Å². The standard InChI is InChI=1S/C18H15FN2O3/c1-18(2)14-7-10(13-5-4-12(19)6-11(13)9-20)8-15(23-3)16(14)21-17(22)24-18/h4-8H,1-3H3,(H,21,22). The van der Waals surface area contributed by atoms with Crippen molar-refractivity contribution in [2.24, 2.45) is 0 Å². The molecule has 3 rings (SSSR count). The molecule has 1 aliphatic heterocycles. The first-order valence-electron chi connectivity index (χ1n) is 7.28. The van der Waals surface area contributed by atoms with Crippen LogP contribution in [0.15, 0.2) is 30.3 Å². The molecule has 0 spiro atoms. The van der Waals surface area contributed by atoms with E-state index >= 15 is 0 Å². The summed E-state index contributed by atoms with van der Waals surface area (Å²) in [6, 6.07) is 9.54. The number of rotatable bonds is 2. The van der Waals surface area contributed by atoms with Crippen molar-refractivity contribution < 1.29 is 18.7 Å². The van der Waals surface area contributed by atoms with Gasteiger partial charge in [0.05, 0.1) is 24.4 Å². The van der Waals surface area contributed by atoms with Crippen LogP contribution in [-0.2, 0) is 10.3 Å². The summed E-state index contributed by atoms with van der Waals surface area (Å²) in [5.41, 5.74) is 1.85. The minimum atomic E-state index is -0.867. The monoisotopic (exact) mass is 326 g/mol. The highest BCUT2D eigenvalue weighted by Crippen LogP contribution is 2.44. The van der Waals surface area contributed by atoms with E-state index in [2.05, 4.69) is 5.32 Å². The largest absolute Gasteiger partial charge is 0.495 e. The molecule has 0 fully saturated rings. The quantitative estimate of drug-likeness (QED) is 0.899. The number of methoxy groups -OCH3 is 1. The van der Waals surface area contributed by atoms with Crippen molar-refractivity contribution in [3.8, 4) is 22.9 Å². The number of carbonyl (C=O) groups is 1. The molecule has 0 aliphatic carbocycles. The molecule has 24 heavy (non-hydrogen) atoms. The Morgan fingerprint density at radius 3 is 2.71 bits per heavy atom. The molecule has 0 unspecified atom stereocenters. The molecule has 1 heterocycles. The first-order valence-corrected chi connectivity index (χ1v) is 7.28. The van der Waals surface area contributed by atoms with Crippen LogP contribution >= 0.6 is 0 Å². The minimum Gasteiger partial charge on any atom is -0.495 e. The van der Waals surface area contributed by atoms with Crippen LogP contribution in [0.5, 0.6) is 5.75 Å². The van der Waals surface area contributed by atoms with Gasteiger partial charge in [0, 0.05) is 5.56 Å². The average molecular weight is 326 g/mol. The molecule has 122 valence electrons. The van der Waals surface area contributed by atoms with Crippen LogP contribution < -0.4 is 10.1 Å². The van der Waals surface area contributed by atoms with Gasteiger partial charge in [0.2, 0.25) is 0 Å². The normalized spacial score (nSPS) is 14.9. The lowest BCUT2D eigenvalue weighted by Gasteiger charge is -2.33. The van der Waals surface area contributed by atoms with Gasteiger partial charge in [-0.05, 0) is 49.2 Å². The molecule has 2 aromatic rings. The SMILES string of the molecule is COc1cc(-c2ccc(F)cc2C#N)cc2c1NC(=O)OC2(C)C. The second kappa shape index (κ2) is 5.53. The number of amides is 1. The molecule has 0 atom stereocenters. The van der Waals surface area contributed by atoms with E-state index in [1.165, 1.54) is 19.2 Å². The van der Waals surface area contributed by atoms with Crippen molar-refractivity contribution in [3.05, 3.63) is 47.3 Å². The van der Waals surface area contributed by atoms with Gasteiger partial charge in [-0.15, -0.1) is 0 Å². The average Bonchev–Trinajstić information content (AvgIpc) is 2.53. The molecule has 5 nitrogen and oxygen atoms in total. The van der Waals surface area contributed by atoms with Crippen molar-refractivity contribution in [3.63, 3.8) is 0 Å². The summed E-state index contributed by atoms with van der Waals surface area (Å²) >= 11 is 0. The zero-order chi connectivity index (χ0) is 17.5. The lowest BCUT2D eigenvalue weighted by atomic mass is 9.89. The predicted octanol–water partition coefficient (Wildman–Crippen LogP) is 4.17. The van der Waals surface area contributed by atoms with Gasteiger partial charge >= 0.3 is 6.09 Å². The van der Waals surface area contributed by atoms with Crippen molar-refractivity contribution >= 4 is 11.8 Å². The van der Waals surface area contributed by atoms with Gasteiger partial charge in [0.25, 0.3) is 0 Å². The number of benzene rings is 2.